The molecule has 10 heteroatoms. The number of thiazole rings is 1. The molecule has 0 radical (unpaired) electrons. The first kappa shape index (κ1) is 24.0. The van der Waals surface area contributed by atoms with Gasteiger partial charge in [-0.1, -0.05) is 12.1 Å². The van der Waals surface area contributed by atoms with Gasteiger partial charge in [-0.3, -0.25) is 4.79 Å². The molecule has 0 atom stereocenters. The molecule has 1 aromatic carbocycles. The lowest BCUT2D eigenvalue weighted by Crippen LogP contribution is -2.47. The van der Waals surface area contributed by atoms with Gasteiger partial charge in [0.15, 0.2) is 0 Å². The van der Waals surface area contributed by atoms with Gasteiger partial charge in [0.2, 0.25) is 0 Å². The number of nitrogens with one attached hydrogen (secondary N) is 1. The highest BCUT2D eigenvalue weighted by Crippen LogP contribution is 2.33. The van der Waals surface area contributed by atoms with Crippen LogP contribution in [0.1, 0.15) is 54.5 Å². The number of nitrogens with zero attached hydrogens (tertiary/aromatic N) is 2. The average molecular weight is 470 g/mol. The molecule has 0 saturated carbocycles. The molecule has 1 saturated heterocycles. The second kappa shape index (κ2) is 9.09. The number of piperidine rings is 1. The summed E-state index contributed by atoms with van der Waals surface area (Å²) in [6, 6.07) is 4.68. The lowest BCUT2D eigenvalue weighted by Gasteiger charge is -2.32. The Kier molecular flexibility index (Phi) is 6.83. The van der Waals surface area contributed by atoms with E-state index in [1.165, 1.54) is 23.5 Å². The number of aromatic nitrogens is 1. The normalized spacial score (nSPS) is 15.5. The average Bonchev–Trinajstić information content (AvgIpc) is 3.07. The molecule has 1 aliphatic rings. The smallest absolute Gasteiger partial charge is 0.416 e. The van der Waals surface area contributed by atoms with E-state index >= 15 is 0 Å². The molecule has 2 amide bonds. The number of rotatable bonds is 3. The molecule has 0 aliphatic carbocycles. The lowest BCUT2D eigenvalue weighted by atomic mass is 10.0. The Balaban J connectivity index is 1.62. The first-order valence-electron chi connectivity index (χ1n) is 10.3. The van der Waals surface area contributed by atoms with Gasteiger partial charge in [0, 0.05) is 24.7 Å². The van der Waals surface area contributed by atoms with Crippen molar-refractivity contribution in [2.45, 2.75) is 58.4 Å². The minimum Gasteiger partial charge on any atom is -0.444 e. The Morgan fingerprint density at radius 2 is 1.72 bits per heavy atom. The fraction of sp³-hybridized carbons (Fsp3) is 0.500. The van der Waals surface area contributed by atoms with Crippen LogP contribution < -0.4 is 5.32 Å². The molecule has 2 heterocycles. The Morgan fingerprint density at radius 3 is 2.25 bits per heavy atom. The second-order valence-electron chi connectivity index (χ2n) is 8.72. The fourth-order valence-corrected chi connectivity index (χ4v) is 4.40. The lowest BCUT2D eigenvalue weighted by molar-refractivity contribution is -0.137. The zero-order valence-corrected chi connectivity index (χ0v) is 19.2. The van der Waals surface area contributed by atoms with Crippen LogP contribution in [-0.4, -0.2) is 46.6 Å². The number of ether oxygens (including phenoxy) is 1. The van der Waals surface area contributed by atoms with Crippen LogP contribution in [0.4, 0.5) is 18.0 Å². The molecule has 174 valence electrons. The SMILES string of the molecule is Cc1nc(-c2ccc(C(F)(F)F)cc2)sc1C(=O)N1CCC(NC(=O)OC(C)(C)C)CC1. The van der Waals surface area contributed by atoms with Crippen molar-refractivity contribution in [3.8, 4) is 10.6 Å². The van der Waals surface area contributed by atoms with E-state index in [9.17, 15) is 22.8 Å². The molecule has 1 aliphatic heterocycles. The first-order chi connectivity index (χ1) is 14.8. The highest BCUT2D eigenvalue weighted by Gasteiger charge is 2.31. The van der Waals surface area contributed by atoms with Crippen molar-refractivity contribution < 1.29 is 27.5 Å². The molecule has 1 aromatic heterocycles. The van der Waals surface area contributed by atoms with E-state index in [1.807, 2.05) is 0 Å². The first-order valence-corrected chi connectivity index (χ1v) is 11.1. The summed E-state index contributed by atoms with van der Waals surface area (Å²) in [5.74, 6) is -0.158. The maximum Gasteiger partial charge on any atom is 0.416 e. The Bertz CT molecular complexity index is 973. The molecule has 2 aromatic rings. The van der Waals surface area contributed by atoms with E-state index in [-0.39, 0.29) is 11.9 Å². The van der Waals surface area contributed by atoms with Crippen LogP contribution in [0.25, 0.3) is 10.6 Å². The maximum atomic E-state index is 13.0. The number of aryl methyl sites for hydroxylation is 1. The quantitative estimate of drug-likeness (QED) is 0.665. The number of alkyl halides is 3. The summed E-state index contributed by atoms with van der Waals surface area (Å²) in [7, 11) is 0. The summed E-state index contributed by atoms with van der Waals surface area (Å²) in [4.78, 5) is 31.5. The third kappa shape index (κ3) is 5.99. The minimum atomic E-state index is -4.40. The second-order valence-corrected chi connectivity index (χ2v) is 9.72. The summed E-state index contributed by atoms with van der Waals surface area (Å²) >= 11 is 1.17. The highest BCUT2D eigenvalue weighted by molar-refractivity contribution is 7.17. The highest BCUT2D eigenvalue weighted by atomic mass is 32.1. The summed E-state index contributed by atoms with van der Waals surface area (Å²) in [6.45, 7) is 8.06. The molecular weight excluding hydrogens is 443 g/mol. The van der Waals surface area contributed by atoms with E-state index < -0.39 is 23.4 Å². The number of hydrogen-bond donors (Lipinski definition) is 1. The van der Waals surface area contributed by atoms with Crippen LogP contribution in [0.3, 0.4) is 0 Å². The number of amides is 2. The van der Waals surface area contributed by atoms with Gasteiger partial charge >= 0.3 is 12.3 Å². The van der Waals surface area contributed by atoms with Gasteiger partial charge in [-0.15, -0.1) is 11.3 Å². The predicted octanol–water partition coefficient (Wildman–Crippen LogP) is 5.27. The molecule has 3 rings (SSSR count). The van der Waals surface area contributed by atoms with Gasteiger partial charge in [-0.2, -0.15) is 13.2 Å². The predicted molar refractivity (Wildman–Crippen MR) is 116 cm³/mol. The largest absolute Gasteiger partial charge is 0.444 e. The van der Waals surface area contributed by atoms with Gasteiger partial charge in [0.25, 0.3) is 5.91 Å². The number of carbonyl (C=O) groups excluding carboxylic acids is 2. The summed E-state index contributed by atoms with van der Waals surface area (Å²) in [5, 5.41) is 3.34. The van der Waals surface area contributed by atoms with Crippen LogP contribution in [0.5, 0.6) is 0 Å². The molecule has 6 nitrogen and oxygen atoms in total. The van der Waals surface area contributed by atoms with Gasteiger partial charge in [0.1, 0.15) is 15.5 Å². The van der Waals surface area contributed by atoms with Crippen molar-refractivity contribution in [2.75, 3.05) is 13.1 Å². The molecule has 0 unspecified atom stereocenters. The van der Waals surface area contributed by atoms with Gasteiger partial charge in [0.05, 0.1) is 11.3 Å². The van der Waals surface area contributed by atoms with Gasteiger partial charge < -0.3 is 15.0 Å². The Morgan fingerprint density at radius 1 is 1.12 bits per heavy atom. The third-order valence-electron chi connectivity index (χ3n) is 4.95. The molecule has 0 spiro atoms. The van der Waals surface area contributed by atoms with E-state index in [1.54, 1.807) is 32.6 Å². The third-order valence-corrected chi connectivity index (χ3v) is 6.15. The van der Waals surface area contributed by atoms with E-state index in [0.29, 0.717) is 47.1 Å². The van der Waals surface area contributed by atoms with Crippen molar-refractivity contribution in [3.63, 3.8) is 0 Å². The summed E-state index contributed by atoms with van der Waals surface area (Å²) in [6.07, 6.45) is -3.66. The van der Waals surface area contributed by atoms with Crippen molar-refractivity contribution >= 4 is 23.3 Å². The number of carbonyl (C=O) groups is 2. The van der Waals surface area contributed by atoms with Gasteiger partial charge in [-0.25, -0.2) is 9.78 Å². The zero-order valence-electron chi connectivity index (χ0n) is 18.4. The summed E-state index contributed by atoms with van der Waals surface area (Å²) < 4.78 is 43.6. The monoisotopic (exact) mass is 469 g/mol. The molecule has 32 heavy (non-hydrogen) atoms. The molecule has 1 N–H and O–H groups in total. The maximum absolute atomic E-state index is 13.0. The number of likely N-dealkylation sites (tertiary alicyclic amines) is 1. The molecule has 1 fully saturated rings. The van der Waals surface area contributed by atoms with Crippen molar-refractivity contribution in [2.24, 2.45) is 0 Å². The van der Waals surface area contributed by atoms with Crippen LogP contribution in [0.15, 0.2) is 24.3 Å². The van der Waals surface area contributed by atoms with E-state index in [4.69, 9.17) is 4.74 Å². The Hall–Kier alpha value is -2.62. The van der Waals surface area contributed by atoms with E-state index in [0.717, 1.165) is 12.1 Å². The molecular formula is C22H26F3N3O3S. The Labute approximate surface area is 188 Å². The van der Waals surface area contributed by atoms with Crippen LogP contribution in [0, 0.1) is 6.92 Å². The number of benzene rings is 1. The standard InChI is InChI=1S/C22H26F3N3O3S/c1-13-17(32-18(26-13)14-5-7-15(8-6-14)22(23,24)25)19(29)28-11-9-16(10-12-28)27-20(30)31-21(2,3)4/h5-8,16H,9-12H2,1-4H3,(H,27,30). The number of hydrogen-bond acceptors (Lipinski definition) is 5. The van der Waals surface area contributed by atoms with Crippen LogP contribution in [0.2, 0.25) is 0 Å². The zero-order chi connectivity index (χ0) is 23.7. The topological polar surface area (TPSA) is 71.5 Å². The fourth-order valence-electron chi connectivity index (χ4n) is 3.36. The number of alkyl carbamates (subject to hydrolysis) is 1. The van der Waals surface area contributed by atoms with Crippen molar-refractivity contribution in [1.29, 1.82) is 0 Å². The van der Waals surface area contributed by atoms with Gasteiger partial charge in [-0.05, 0) is 52.7 Å². The van der Waals surface area contributed by atoms with Crippen molar-refractivity contribution in [1.82, 2.24) is 15.2 Å². The summed E-state index contributed by atoms with van der Waals surface area (Å²) in [5.41, 5.74) is -0.224. The molecule has 0 bridgehead atoms. The van der Waals surface area contributed by atoms with Crippen LogP contribution in [-0.2, 0) is 10.9 Å². The minimum absolute atomic E-state index is 0.0702. The van der Waals surface area contributed by atoms with E-state index in [2.05, 4.69) is 10.3 Å². The number of halogens is 3. The van der Waals surface area contributed by atoms with Crippen LogP contribution >= 0.6 is 11.3 Å². The van der Waals surface area contributed by atoms with Crippen molar-refractivity contribution in [3.05, 3.63) is 40.4 Å².